The van der Waals surface area contributed by atoms with Gasteiger partial charge < -0.3 is 15.4 Å². The first kappa shape index (κ1) is 23.5. The number of pyridine rings is 1. The summed E-state index contributed by atoms with van der Waals surface area (Å²) >= 11 is 0. The first-order valence-electron chi connectivity index (χ1n) is 9.70. The molecule has 0 spiro atoms. The van der Waals surface area contributed by atoms with Gasteiger partial charge in [-0.15, -0.1) is 0 Å². The Morgan fingerprint density at radius 2 is 1.97 bits per heavy atom. The number of nitrogens with zero attached hydrogens (tertiary/aromatic N) is 3. The molecule has 0 amide bonds. The van der Waals surface area contributed by atoms with Crippen LogP contribution in [0.5, 0.6) is 0 Å². The van der Waals surface area contributed by atoms with Crippen LogP contribution in [0.4, 0.5) is 14.6 Å². The molecule has 172 valence electrons. The zero-order valence-electron chi connectivity index (χ0n) is 17.7. The normalized spacial score (nSPS) is 13.3. The van der Waals surface area contributed by atoms with Crippen LogP contribution in [0.15, 0.2) is 24.7 Å². The van der Waals surface area contributed by atoms with Crippen LogP contribution in [0.2, 0.25) is 0 Å². The highest BCUT2D eigenvalue weighted by Gasteiger charge is 2.31. The quantitative estimate of drug-likeness (QED) is 0.460. The maximum absolute atomic E-state index is 14.5. The van der Waals surface area contributed by atoms with E-state index in [1.807, 2.05) is 0 Å². The van der Waals surface area contributed by atoms with Gasteiger partial charge in [0.25, 0.3) is 0 Å². The predicted octanol–water partition coefficient (Wildman–Crippen LogP) is 3.01. The molecule has 0 bridgehead atoms. The average Bonchev–Trinajstić information content (AvgIpc) is 3.10. The summed E-state index contributed by atoms with van der Waals surface area (Å²) in [6.07, 6.45) is 3.00. The molecule has 32 heavy (non-hydrogen) atoms. The molecule has 0 saturated heterocycles. The number of nitrogens with one attached hydrogen (secondary N) is 2. The number of aromatic amines is 1. The minimum absolute atomic E-state index is 0.0916. The van der Waals surface area contributed by atoms with Crippen LogP contribution in [0.25, 0.3) is 22.4 Å². The number of anilines is 1. The minimum Gasteiger partial charge on any atom is -0.481 e. The summed E-state index contributed by atoms with van der Waals surface area (Å²) in [6, 6.07) is 0.474. The van der Waals surface area contributed by atoms with E-state index in [9.17, 15) is 22.0 Å². The summed E-state index contributed by atoms with van der Waals surface area (Å²) in [5.74, 6) is -3.64. The SMILES string of the molecule is CC(C)(C)[C@@H](CS(=O)(=O)CCC(=O)O)Nc1nc(-c2c[nH]c3ncc(F)cc23)ncc1F. The minimum atomic E-state index is -3.74. The average molecular weight is 467 g/mol. The second kappa shape index (κ2) is 8.77. The molecule has 0 unspecified atom stereocenters. The number of carbonyl (C=O) groups is 1. The Morgan fingerprint density at radius 3 is 2.62 bits per heavy atom. The van der Waals surface area contributed by atoms with E-state index in [0.29, 0.717) is 16.6 Å². The standard InChI is InChI=1S/C20H23F2N5O4S/c1-20(2,3)15(10-32(30,31)5-4-16(28)29)26-19-14(22)9-25-18(27-19)13-8-24-17-12(13)6-11(21)7-23-17/h6-9,15H,4-5,10H2,1-3H3,(H,23,24)(H,28,29)(H,25,26,27)/t15-/m1/s1. The van der Waals surface area contributed by atoms with Gasteiger partial charge in [-0.1, -0.05) is 20.8 Å². The van der Waals surface area contributed by atoms with Crippen molar-refractivity contribution in [2.75, 3.05) is 16.8 Å². The van der Waals surface area contributed by atoms with Crippen LogP contribution in [0.1, 0.15) is 27.2 Å². The molecule has 3 rings (SSSR count). The van der Waals surface area contributed by atoms with Crippen LogP contribution in [-0.4, -0.2) is 57.0 Å². The van der Waals surface area contributed by atoms with Crippen LogP contribution >= 0.6 is 0 Å². The van der Waals surface area contributed by atoms with Crippen LogP contribution < -0.4 is 5.32 Å². The Morgan fingerprint density at radius 1 is 1.25 bits per heavy atom. The number of carboxylic acids is 1. The Hall–Kier alpha value is -3.15. The second-order valence-electron chi connectivity index (χ2n) is 8.46. The molecule has 0 saturated carbocycles. The largest absolute Gasteiger partial charge is 0.481 e. The fourth-order valence-electron chi connectivity index (χ4n) is 3.01. The summed E-state index contributed by atoms with van der Waals surface area (Å²) in [7, 11) is -3.74. The van der Waals surface area contributed by atoms with E-state index >= 15 is 0 Å². The first-order chi connectivity index (χ1) is 14.9. The number of halogens is 2. The van der Waals surface area contributed by atoms with E-state index in [1.165, 1.54) is 12.3 Å². The van der Waals surface area contributed by atoms with Crippen LogP contribution in [0.3, 0.4) is 0 Å². The third kappa shape index (κ3) is 5.55. The maximum atomic E-state index is 14.5. The van der Waals surface area contributed by atoms with Gasteiger partial charge in [0.2, 0.25) is 0 Å². The number of aromatic nitrogens is 4. The van der Waals surface area contributed by atoms with Crippen molar-refractivity contribution in [3.8, 4) is 11.4 Å². The molecule has 3 aromatic rings. The molecule has 0 radical (unpaired) electrons. The van der Waals surface area contributed by atoms with E-state index in [0.717, 1.165) is 12.4 Å². The van der Waals surface area contributed by atoms with Gasteiger partial charge in [0.15, 0.2) is 27.3 Å². The fraction of sp³-hybridized carbons (Fsp3) is 0.400. The van der Waals surface area contributed by atoms with Crippen molar-refractivity contribution < 1.29 is 27.1 Å². The summed E-state index contributed by atoms with van der Waals surface area (Å²) in [6.45, 7) is 5.31. The van der Waals surface area contributed by atoms with E-state index < -0.39 is 56.8 Å². The lowest BCUT2D eigenvalue weighted by molar-refractivity contribution is -0.136. The highest BCUT2D eigenvalue weighted by Crippen LogP contribution is 2.29. The highest BCUT2D eigenvalue weighted by atomic mass is 32.2. The van der Waals surface area contributed by atoms with Gasteiger partial charge in [0.05, 0.1) is 30.3 Å². The Kier molecular flexibility index (Phi) is 6.44. The van der Waals surface area contributed by atoms with E-state index in [1.54, 1.807) is 20.8 Å². The third-order valence-corrected chi connectivity index (χ3v) is 6.55. The van der Waals surface area contributed by atoms with Gasteiger partial charge in [-0.05, 0) is 11.5 Å². The van der Waals surface area contributed by atoms with E-state index in [2.05, 4.69) is 25.3 Å². The zero-order valence-corrected chi connectivity index (χ0v) is 18.5. The number of sulfone groups is 1. The molecule has 0 aliphatic rings. The van der Waals surface area contributed by atoms with Gasteiger partial charge in [-0.2, -0.15) is 0 Å². The molecule has 0 aliphatic heterocycles. The van der Waals surface area contributed by atoms with Crippen LogP contribution in [-0.2, 0) is 14.6 Å². The van der Waals surface area contributed by atoms with Gasteiger partial charge >= 0.3 is 5.97 Å². The Balaban J connectivity index is 1.93. The van der Waals surface area contributed by atoms with Crippen molar-refractivity contribution in [2.45, 2.75) is 33.2 Å². The van der Waals surface area contributed by atoms with Crippen molar-refractivity contribution in [2.24, 2.45) is 5.41 Å². The molecule has 1 atom stereocenters. The Bertz CT molecular complexity index is 1250. The molecular formula is C20H23F2N5O4S. The number of rotatable bonds is 8. The van der Waals surface area contributed by atoms with Gasteiger partial charge in [-0.3, -0.25) is 4.79 Å². The lowest BCUT2D eigenvalue weighted by Gasteiger charge is -2.31. The number of fused-ring (bicyclic) bond motifs is 1. The summed E-state index contributed by atoms with van der Waals surface area (Å²) < 4.78 is 53.0. The molecule has 3 N–H and O–H groups in total. The fourth-order valence-corrected chi connectivity index (χ4v) is 4.76. The molecule has 0 fully saturated rings. The van der Waals surface area contributed by atoms with E-state index in [4.69, 9.17) is 5.11 Å². The van der Waals surface area contributed by atoms with Gasteiger partial charge in [-0.25, -0.2) is 32.2 Å². The monoisotopic (exact) mass is 467 g/mol. The smallest absolute Gasteiger partial charge is 0.304 e. The van der Waals surface area contributed by atoms with Gasteiger partial charge in [0, 0.05) is 23.2 Å². The predicted molar refractivity (Wildman–Crippen MR) is 115 cm³/mol. The number of hydrogen-bond acceptors (Lipinski definition) is 7. The molecule has 12 heteroatoms. The number of H-pyrrole nitrogens is 1. The molecule has 0 aliphatic carbocycles. The molecule has 3 heterocycles. The molecule has 0 aromatic carbocycles. The summed E-state index contributed by atoms with van der Waals surface area (Å²) in [5, 5.41) is 12.0. The third-order valence-electron chi connectivity index (χ3n) is 4.89. The number of hydrogen-bond donors (Lipinski definition) is 3. The number of aliphatic carboxylic acids is 1. The lowest BCUT2D eigenvalue weighted by atomic mass is 9.88. The molecule has 9 nitrogen and oxygen atoms in total. The van der Waals surface area contributed by atoms with Crippen molar-refractivity contribution >= 4 is 32.7 Å². The highest BCUT2D eigenvalue weighted by molar-refractivity contribution is 7.91. The molecule has 3 aromatic heterocycles. The van der Waals surface area contributed by atoms with Gasteiger partial charge in [0.1, 0.15) is 11.5 Å². The second-order valence-corrected chi connectivity index (χ2v) is 10.7. The summed E-state index contributed by atoms with van der Waals surface area (Å²) in [5.41, 5.74) is 0.166. The van der Waals surface area contributed by atoms with Crippen molar-refractivity contribution in [3.63, 3.8) is 0 Å². The summed E-state index contributed by atoms with van der Waals surface area (Å²) in [4.78, 5) is 25.7. The first-order valence-corrected chi connectivity index (χ1v) is 11.5. The van der Waals surface area contributed by atoms with Crippen LogP contribution in [0, 0.1) is 17.0 Å². The van der Waals surface area contributed by atoms with E-state index in [-0.39, 0.29) is 11.6 Å². The maximum Gasteiger partial charge on any atom is 0.304 e. The van der Waals surface area contributed by atoms with Crippen molar-refractivity contribution in [1.82, 2.24) is 19.9 Å². The van der Waals surface area contributed by atoms with Crippen molar-refractivity contribution in [3.05, 3.63) is 36.3 Å². The lowest BCUT2D eigenvalue weighted by Crippen LogP contribution is -2.41. The molecular weight excluding hydrogens is 444 g/mol. The zero-order chi connectivity index (χ0) is 23.7. The number of carboxylic acid groups (broad SMARTS) is 1. The van der Waals surface area contributed by atoms with Crippen molar-refractivity contribution in [1.29, 1.82) is 0 Å². The topological polar surface area (TPSA) is 138 Å². The Labute approximate surface area is 183 Å².